The SMILES string of the molecule is Cc1ccn(C2CC2)c(=O)c1C(=O)NC(CCn1ccnc1C)c1ccccc1. The van der Waals surface area contributed by atoms with Crippen LogP contribution in [0.15, 0.2) is 59.8 Å². The molecule has 1 unspecified atom stereocenters. The standard InChI is InChI=1S/C23H26N4O2/c1-16-10-14-27(19-8-9-19)23(29)21(16)22(28)25-20(18-6-4-3-5-7-18)11-13-26-15-12-24-17(26)2/h3-7,10,12,14-15,19-20H,8-9,11,13H2,1-2H3,(H,25,28). The first-order chi connectivity index (χ1) is 14.0. The minimum Gasteiger partial charge on any atom is -0.345 e. The molecule has 6 nitrogen and oxygen atoms in total. The maximum absolute atomic E-state index is 13.1. The molecule has 0 bridgehead atoms. The molecule has 0 saturated heterocycles. The average molecular weight is 390 g/mol. The Labute approximate surface area is 170 Å². The number of hydrogen-bond acceptors (Lipinski definition) is 3. The summed E-state index contributed by atoms with van der Waals surface area (Å²) in [7, 11) is 0. The minimum absolute atomic E-state index is 0.192. The molecule has 1 N–H and O–H groups in total. The van der Waals surface area contributed by atoms with Gasteiger partial charge in [0.25, 0.3) is 11.5 Å². The highest BCUT2D eigenvalue weighted by Gasteiger charge is 2.27. The van der Waals surface area contributed by atoms with Crippen LogP contribution in [0.25, 0.3) is 0 Å². The van der Waals surface area contributed by atoms with E-state index in [9.17, 15) is 9.59 Å². The molecule has 1 saturated carbocycles. The lowest BCUT2D eigenvalue weighted by molar-refractivity contribution is 0.0930. The largest absolute Gasteiger partial charge is 0.345 e. The zero-order chi connectivity index (χ0) is 20.4. The van der Waals surface area contributed by atoms with E-state index >= 15 is 0 Å². The summed E-state index contributed by atoms with van der Waals surface area (Å²) >= 11 is 0. The van der Waals surface area contributed by atoms with Gasteiger partial charge in [-0.3, -0.25) is 9.59 Å². The summed E-state index contributed by atoms with van der Waals surface area (Å²) in [6, 6.07) is 11.8. The quantitative estimate of drug-likeness (QED) is 0.671. The van der Waals surface area contributed by atoms with Crippen LogP contribution in [-0.4, -0.2) is 20.0 Å². The Bertz CT molecular complexity index is 1060. The number of hydrogen-bond donors (Lipinski definition) is 1. The van der Waals surface area contributed by atoms with Crippen molar-refractivity contribution in [2.45, 2.75) is 51.7 Å². The van der Waals surface area contributed by atoms with E-state index in [0.29, 0.717) is 12.0 Å². The second-order valence-corrected chi connectivity index (χ2v) is 7.71. The summed E-state index contributed by atoms with van der Waals surface area (Å²) in [6.07, 6.45) is 8.23. The molecule has 1 aromatic carbocycles. The van der Waals surface area contributed by atoms with Gasteiger partial charge >= 0.3 is 0 Å². The molecule has 0 aliphatic heterocycles. The second kappa shape index (κ2) is 8.07. The molecule has 1 atom stereocenters. The third kappa shape index (κ3) is 4.16. The number of carbonyl (C=O) groups is 1. The maximum Gasteiger partial charge on any atom is 0.263 e. The Morgan fingerprint density at radius 1 is 1.17 bits per heavy atom. The van der Waals surface area contributed by atoms with Crippen LogP contribution in [0.4, 0.5) is 0 Å². The lowest BCUT2D eigenvalue weighted by atomic mass is 10.0. The minimum atomic E-state index is -0.307. The molecule has 2 heterocycles. The molecule has 1 fully saturated rings. The predicted octanol–water partition coefficient (Wildman–Crippen LogP) is 3.56. The van der Waals surface area contributed by atoms with Gasteiger partial charge in [0, 0.05) is 31.2 Å². The molecule has 150 valence electrons. The Kier molecular flexibility index (Phi) is 5.34. The highest BCUT2D eigenvalue weighted by Crippen LogP contribution is 2.33. The van der Waals surface area contributed by atoms with Crippen LogP contribution in [0.5, 0.6) is 0 Å². The van der Waals surface area contributed by atoms with Crippen molar-refractivity contribution in [1.29, 1.82) is 0 Å². The van der Waals surface area contributed by atoms with Crippen molar-refractivity contribution >= 4 is 5.91 Å². The third-order valence-corrected chi connectivity index (χ3v) is 5.58. The smallest absolute Gasteiger partial charge is 0.263 e. The number of imidazole rings is 1. The number of rotatable bonds is 7. The summed E-state index contributed by atoms with van der Waals surface area (Å²) in [4.78, 5) is 30.3. The molecule has 6 heteroatoms. The molecule has 1 aliphatic rings. The van der Waals surface area contributed by atoms with Gasteiger partial charge in [-0.2, -0.15) is 0 Å². The van der Waals surface area contributed by atoms with Gasteiger partial charge in [0.1, 0.15) is 11.4 Å². The first-order valence-corrected chi connectivity index (χ1v) is 10.1. The first-order valence-electron chi connectivity index (χ1n) is 10.1. The number of amides is 1. The van der Waals surface area contributed by atoms with Gasteiger partial charge in [0.05, 0.1) is 6.04 Å². The Balaban J connectivity index is 1.59. The number of pyridine rings is 1. The number of nitrogens with one attached hydrogen (secondary N) is 1. The zero-order valence-electron chi connectivity index (χ0n) is 16.8. The van der Waals surface area contributed by atoms with E-state index in [4.69, 9.17) is 0 Å². The molecule has 0 radical (unpaired) electrons. The van der Waals surface area contributed by atoms with Crippen LogP contribution >= 0.6 is 0 Å². The molecular weight excluding hydrogens is 364 g/mol. The summed E-state index contributed by atoms with van der Waals surface area (Å²) in [5.41, 5.74) is 1.79. The third-order valence-electron chi connectivity index (χ3n) is 5.58. The van der Waals surface area contributed by atoms with Crippen LogP contribution in [0.2, 0.25) is 0 Å². The number of aryl methyl sites for hydroxylation is 3. The van der Waals surface area contributed by atoms with Gasteiger partial charge in [-0.05, 0) is 50.3 Å². The normalized spacial score (nSPS) is 14.6. The Morgan fingerprint density at radius 2 is 1.93 bits per heavy atom. The van der Waals surface area contributed by atoms with Crippen LogP contribution in [0.3, 0.4) is 0 Å². The molecule has 0 spiro atoms. The van der Waals surface area contributed by atoms with Gasteiger partial charge in [0.2, 0.25) is 0 Å². The molecule has 1 amide bonds. The van der Waals surface area contributed by atoms with Crippen molar-refractivity contribution in [2.24, 2.45) is 0 Å². The molecule has 3 aromatic rings. The molecule has 29 heavy (non-hydrogen) atoms. The monoisotopic (exact) mass is 390 g/mol. The fraction of sp³-hybridized carbons (Fsp3) is 0.348. The van der Waals surface area contributed by atoms with Gasteiger partial charge < -0.3 is 14.5 Å². The maximum atomic E-state index is 13.1. The van der Waals surface area contributed by atoms with Crippen LogP contribution in [-0.2, 0) is 6.54 Å². The van der Waals surface area contributed by atoms with E-state index in [0.717, 1.165) is 30.8 Å². The number of carbonyl (C=O) groups excluding carboxylic acids is 1. The van der Waals surface area contributed by atoms with Crippen molar-refractivity contribution < 1.29 is 4.79 Å². The van der Waals surface area contributed by atoms with Crippen molar-refractivity contribution in [2.75, 3.05) is 0 Å². The number of nitrogens with zero attached hydrogens (tertiary/aromatic N) is 3. The van der Waals surface area contributed by atoms with E-state index < -0.39 is 0 Å². The number of benzene rings is 1. The predicted molar refractivity (Wildman–Crippen MR) is 112 cm³/mol. The molecular formula is C23H26N4O2. The van der Waals surface area contributed by atoms with Crippen molar-refractivity contribution in [3.63, 3.8) is 0 Å². The van der Waals surface area contributed by atoms with E-state index in [2.05, 4.69) is 14.9 Å². The van der Waals surface area contributed by atoms with Crippen molar-refractivity contribution in [3.05, 3.63) is 87.9 Å². The van der Waals surface area contributed by atoms with Crippen LogP contribution < -0.4 is 10.9 Å². The van der Waals surface area contributed by atoms with Gasteiger partial charge in [-0.15, -0.1) is 0 Å². The average Bonchev–Trinajstić information content (AvgIpc) is 3.47. The fourth-order valence-electron chi connectivity index (χ4n) is 3.70. The van der Waals surface area contributed by atoms with E-state index in [1.165, 1.54) is 0 Å². The van der Waals surface area contributed by atoms with Crippen molar-refractivity contribution in [1.82, 2.24) is 19.4 Å². The van der Waals surface area contributed by atoms with E-state index in [1.807, 2.05) is 62.6 Å². The molecule has 1 aliphatic carbocycles. The highest BCUT2D eigenvalue weighted by atomic mass is 16.2. The van der Waals surface area contributed by atoms with Crippen LogP contribution in [0.1, 0.15) is 58.7 Å². The van der Waals surface area contributed by atoms with Gasteiger partial charge in [0.15, 0.2) is 0 Å². The Morgan fingerprint density at radius 3 is 2.59 bits per heavy atom. The van der Waals surface area contributed by atoms with Crippen LogP contribution in [0, 0.1) is 13.8 Å². The summed E-state index contributed by atoms with van der Waals surface area (Å²) < 4.78 is 3.77. The molecule has 2 aromatic heterocycles. The van der Waals surface area contributed by atoms with E-state index in [-0.39, 0.29) is 29.1 Å². The lowest BCUT2D eigenvalue weighted by Gasteiger charge is -2.21. The fourth-order valence-corrected chi connectivity index (χ4v) is 3.70. The molecule has 4 rings (SSSR count). The summed E-state index contributed by atoms with van der Waals surface area (Å²) in [5, 5.41) is 3.11. The van der Waals surface area contributed by atoms with Gasteiger partial charge in [-0.25, -0.2) is 4.98 Å². The first kappa shape index (κ1) is 19.2. The van der Waals surface area contributed by atoms with Crippen molar-refractivity contribution in [3.8, 4) is 0 Å². The van der Waals surface area contributed by atoms with E-state index in [1.54, 1.807) is 10.8 Å². The zero-order valence-corrected chi connectivity index (χ0v) is 16.8. The highest BCUT2D eigenvalue weighted by molar-refractivity contribution is 5.95. The second-order valence-electron chi connectivity index (χ2n) is 7.71. The number of aromatic nitrogens is 3. The Hall–Kier alpha value is -3.15. The summed E-state index contributed by atoms with van der Waals surface area (Å²) in [5.74, 6) is 0.632. The topological polar surface area (TPSA) is 68.9 Å². The van der Waals surface area contributed by atoms with Gasteiger partial charge in [-0.1, -0.05) is 30.3 Å². The summed E-state index contributed by atoms with van der Waals surface area (Å²) in [6.45, 7) is 4.51. The lowest BCUT2D eigenvalue weighted by Crippen LogP contribution is -2.36.